The number of benzene rings is 1. The van der Waals surface area contributed by atoms with Crippen LogP contribution in [0.5, 0.6) is 0 Å². The summed E-state index contributed by atoms with van der Waals surface area (Å²) in [6.45, 7) is 9.08. The lowest BCUT2D eigenvalue weighted by atomic mass is 9.99. The van der Waals surface area contributed by atoms with Crippen LogP contribution in [-0.2, 0) is 19.5 Å². The Bertz CT molecular complexity index is 729. The molecule has 2 aromatic rings. The summed E-state index contributed by atoms with van der Waals surface area (Å²) in [5.41, 5.74) is 4.00. The van der Waals surface area contributed by atoms with Crippen LogP contribution in [-0.4, -0.2) is 62.5 Å². The van der Waals surface area contributed by atoms with Gasteiger partial charge >= 0.3 is 0 Å². The third kappa shape index (κ3) is 3.56. The van der Waals surface area contributed by atoms with Crippen LogP contribution in [0.3, 0.4) is 0 Å². The van der Waals surface area contributed by atoms with E-state index in [2.05, 4.69) is 63.8 Å². The second kappa shape index (κ2) is 7.51. The van der Waals surface area contributed by atoms with E-state index < -0.39 is 0 Å². The summed E-state index contributed by atoms with van der Waals surface area (Å²) in [4.78, 5) is 5.12. The zero-order chi connectivity index (χ0) is 18.1. The number of aryl methyl sites for hydroxylation is 1. The van der Waals surface area contributed by atoms with Crippen molar-refractivity contribution in [3.05, 3.63) is 53.3 Å². The van der Waals surface area contributed by atoms with Crippen LogP contribution in [0.4, 0.5) is 0 Å². The molecule has 5 nitrogen and oxygen atoms in total. The van der Waals surface area contributed by atoms with Crippen molar-refractivity contribution in [2.45, 2.75) is 58.0 Å². The van der Waals surface area contributed by atoms with Crippen molar-refractivity contribution in [1.29, 1.82) is 0 Å². The Hall–Kier alpha value is -1.69. The maximum atomic E-state index is 10.1. The highest BCUT2D eigenvalue weighted by Crippen LogP contribution is 2.28. The molecular weight excluding hydrogens is 324 g/mol. The molecule has 1 aromatic carbocycles. The van der Waals surface area contributed by atoms with Gasteiger partial charge < -0.3 is 5.11 Å². The number of aliphatic hydroxyl groups is 1. The van der Waals surface area contributed by atoms with Gasteiger partial charge in [0.05, 0.1) is 12.3 Å². The van der Waals surface area contributed by atoms with Crippen molar-refractivity contribution in [1.82, 2.24) is 19.6 Å². The van der Waals surface area contributed by atoms with Gasteiger partial charge in [-0.2, -0.15) is 5.10 Å². The Morgan fingerprint density at radius 2 is 1.96 bits per heavy atom. The van der Waals surface area contributed by atoms with Crippen molar-refractivity contribution in [2.24, 2.45) is 0 Å². The van der Waals surface area contributed by atoms with Crippen molar-refractivity contribution in [2.75, 3.05) is 19.6 Å². The highest BCUT2D eigenvalue weighted by atomic mass is 16.3. The Labute approximate surface area is 156 Å². The third-order valence-corrected chi connectivity index (χ3v) is 6.10. The summed E-state index contributed by atoms with van der Waals surface area (Å²) in [6, 6.07) is 11.7. The average molecular weight is 354 g/mol. The second-order valence-corrected chi connectivity index (χ2v) is 7.84. The van der Waals surface area contributed by atoms with Gasteiger partial charge in [-0.3, -0.25) is 14.5 Å². The molecule has 140 valence electrons. The Morgan fingerprint density at radius 1 is 1.15 bits per heavy atom. The number of nitrogens with zero attached hydrogens (tertiary/aromatic N) is 4. The maximum absolute atomic E-state index is 10.1. The first-order chi connectivity index (χ1) is 12.6. The SMILES string of the molecule is CCn1ncc(CN2C[C@@H]3C[C@@H](O)CN3C[C@@H]2Cc2ccccc2)c1C. The molecule has 0 radical (unpaired) electrons. The maximum Gasteiger partial charge on any atom is 0.0682 e. The first kappa shape index (κ1) is 17.7. The smallest absolute Gasteiger partial charge is 0.0682 e. The molecule has 2 saturated heterocycles. The minimum absolute atomic E-state index is 0.165. The van der Waals surface area contributed by atoms with E-state index in [0.717, 1.165) is 45.6 Å². The van der Waals surface area contributed by atoms with E-state index >= 15 is 0 Å². The second-order valence-electron chi connectivity index (χ2n) is 7.84. The van der Waals surface area contributed by atoms with Gasteiger partial charge in [-0.25, -0.2) is 0 Å². The molecule has 2 aliphatic rings. The summed E-state index contributed by atoms with van der Waals surface area (Å²) >= 11 is 0. The van der Waals surface area contributed by atoms with Crippen LogP contribution in [0.2, 0.25) is 0 Å². The van der Waals surface area contributed by atoms with E-state index in [1.807, 2.05) is 6.20 Å². The van der Waals surface area contributed by atoms with E-state index in [1.54, 1.807) is 0 Å². The van der Waals surface area contributed by atoms with Crippen LogP contribution in [0.25, 0.3) is 0 Å². The predicted molar refractivity (Wildman–Crippen MR) is 103 cm³/mol. The molecule has 0 spiro atoms. The first-order valence-corrected chi connectivity index (χ1v) is 9.85. The number of hydrogen-bond acceptors (Lipinski definition) is 4. The molecule has 3 atom stereocenters. The largest absolute Gasteiger partial charge is 0.392 e. The molecular formula is C21H30N4O. The molecule has 0 saturated carbocycles. The van der Waals surface area contributed by atoms with Gasteiger partial charge in [0, 0.05) is 56.1 Å². The first-order valence-electron chi connectivity index (χ1n) is 9.85. The van der Waals surface area contributed by atoms with Crippen LogP contribution >= 0.6 is 0 Å². The highest BCUT2D eigenvalue weighted by molar-refractivity contribution is 5.19. The fourth-order valence-corrected chi connectivity index (χ4v) is 4.63. The molecule has 1 N–H and O–H groups in total. The molecule has 4 rings (SSSR count). The third-order valence-electron chi connectivity index (χ3n) is 6.10. The van der Waals surface area contributed by atoms with E-state index in [0.29, 0.717) is 12.1 Å². The van der Waals surface area contributed by atoms with Crippen molar-refractivity contribution in [3.8, 4) is 0 Å². The fourth-order valence-electron chi connectivity index (χ4n) is 4.63. The molecule has 26 heavy (non-hydrogen) atoms. The van der Waals surface area contributed by atoms with E-state index in [-0.39, 0.29) is 6.10 Å². The van der Waals surface area contributed by atoms with Crippen molar-refractivity contribution < 1.29 is 5.11 Å². The Balaban J connectivity index is 1.54. The highest BCUT2D eigenvalue weighted by Gasteiger charge is 2.39. The van der Waals surface area contributed by atoms with Crippen molar-refractivity contribution >= 4 is 0 Å². The Kier molecular flexibility index (Phi) is 5.11. The number of aromatic nitrogens is 2. The zero-order valence-electron chi connectivity index (χ0n) is 15.9. The van der Waals surface area contributed by atoms with Crippen LogP contribution in [0.15, 0.2) is 36.5 Å². The van der Waals surface area contributed by atoms with E-state index in [1.165, 1.54) is 16.8 Å². The van der Waals surface area contributed by atoms with Gasteiger partial charge in [-0.05, 0) is 32.3 Å². The summed E-state index contributed by atoms with van der Waals surface area (Å²) in [5.74, 6) is 0. The number of fused-ring (bicyclic) bond motifs is 1. The number of rotatable bonds is 5. The average Bonchev–Trinajstić information content (AvgIpc) is 3.17. The number of piperazine rings is 1. The zero-order valence-corrected chi connectivity index (χ0v) is 15.9. The summed E-state index contributed by atoms with van der Waals surface area (Å²) in [5, 5.41) is 14.6. The van der Waals surface area contributed by atoms with E-state index in [9.17, 15) is 5.11 Å². The normalized spacial score (nSPS) is 27.0. The van der Waals surface area contributed by atoms with Crippen LogP contribution in [0.1, 0.15) is 30.2 Å². The van der Waals surface area contributed by atoms with Gasteiger partial charge in [0.1, 0.15) is 0 Å². The van der Waals surface area contributed by atoms with Gasteiger partial charge in [0.2, 0.25) is 0 Å². The molecule has 2 fully saturated rings. The van der Waals surface area contributed by atoms with Crippen LogP contribution in [0, 0.1) is 6.92 Å². The van der Waals surface area contributed by atoms with E-state index in [4.69, 9.17) is 0 Å². The minimum Gasteiger partial charge on any atom is -0.392 e. The van der Waals surface area contributed by atoms with Crippen LogP contribution < -0.4 is 0 Å². The molecule has 0 amide bonds. The quantitative estimate of drug-likeness (QED) is 0.893. The standard InChI is InChI=1S/C21H30N4O/c1-3-25-16(2)18(11-22-25)12-23-14-20-10-21(26)15-24(20)13-19(23)9-17-7-5-4-6-8-17/h4-8,11,19-21,26H,3,9-10,12-15H2,1-2H3/t19-,20-,21+/m0/s1. The topological polar surface area (TPSA) is 44.5 Å². The lowest BCUT2D eigenvalue weighted by Crippen LogP contribution is -2.56. The van der Waals surface area contributed by atoms with Gasteiger partial charge in [-0.15, -0.1) is 0 Å². The van der Waals surface area contributed by atoms with Gasteiger partial charge in [0.25, 0.3) is 0 Å². The molecule has 1 aromatic heterocycles. The molecule has 5 heteroatoms. The Morgan fingerprint density at radius 3 is 2.69 bits per heavy atom. The number of hydrogen-bond donors (Lipinski definition) is 1. The van der Waals surface area contributed by atoms with Crippen molar-refractivity contribution in [3.63, 3.8) is 0 Å². The summed E-state index contributed by atoms with van der Waals surface area (Å²) in [7, 11) is 0. The molecule has 0 bridgehead atoms. The predicted octanol–water partition coefficient (Wildman–Crippen LogP) is 2.07. The molecule has 0 aliphatic carbocycles. The van der Waals surface area contributed by atoms with Gasteiger partial charge in [-0.1, -0.05) is 30.3 Å². The lowest BCUT2D eigenvalue weighted by molar-refractivity contribution is 0.0443. The fraction of sp³-hybridized carbons (Fsp3) is 0.571. The van der Waals surface area contributed by atoms with Gasteiger partial charge in [0.15, 0.2) is 0 Å². The number of aliphatic hydroxyl groups excluding tert-OH is 1. The molecule has 0 unspecified atom stereocenters. The lowest BCUT2D eigenvalue weighted by Gasteiger charge is -2.43. The summed E-state index contributed by atoms with van der Waals surface area (Å²) in [6.07, 6.45) is 3.83. The molecule has 3 heterocycles. The monoisotopic (exact) mass is 354 g/mol. The summed E-state index contributed by atoms with van der Waals surface area (Å²) < 4.78 is 2.08. The minimum atomic E-state index is -0.165. The molecule has 2 aliphatic heterocycles.